The number of nitrogens with zero attached hydrogens (tertiary/aromatic N) is 1. The maximum Gasteiger partial charge on any atom is 0.341 e. The van der Waals surface area contributed by atoms with Gasteiger partial charge in [-0.3, -0.25) is 4.79 Å². The zero-order chi connectivity index (χ0) is 13.3. The van der Waals surface area contributed by atoms with Crippen LogP contribution in [-0.4, -0.2) is 27.5 Å². The normalized spacial score (nSPS) is 11.1. The van der Waals surface area contributed by atoms with Gasteiger partial charge in [-0.05, 0) is 19.9 Å². The van der Waals surface area contributed by atoms with Gasteiger partial charge in [0.15, 0.2) is 0 Å². The number of carbonyl (C=O) groups is 2. The highest BCUT2D eigenvalue weighted by Crippen LogP contribution is 2.23. The first kappa shape index (κ1) is 12.6. The average molecular weight is 267 g/mol. The summed E-state index contributed by atoms with van der Waals surface area (Å²) < 4.78 is 6.85. The number of thiazole rings is 1. The molecule has 0 unspecified atom stereocenters. The molecule has 0 aromatic carbocycles. The van der Waals surface area contributed by atoms with Gasteiger partial charge in [-0.15, -0.1) is 11.3 Å². The first-order valence-corrected chi connectivity index (χ1v) is 6.37. The Balaban J connectivity index is 2.34. The highest BCUT2D eigenvalue weighted by atomic mass is 32.1. The number of carboxylic acid groups (broad SMARTS) is 1. The Hall–Kier alpha value is -1.82. The number of hydrogen-bond donors (Lipinski definition) is 1. The molecule has 6 heteroatoms. The van der Waals surface area contributed by atoms with E-state index in [4.69, 9.17) is 9.84 Å². The Labute approximate surface area is 108 Å². The third-order valence-corrected chi connectivity index (χ3v) is 3.38. The third kappa shape index (κ3) is 2.38. The van der Waals surface area contributed by atoms with Crippen molar-refractivity contribution in [1.29, 1.82) is 0 Å². The lowest BCUT2D eigenvalue weighted by atomic mass is 10.3. The Kier molecular flexibility index (Phi) is 3.38. The summed E-state index contributed by atoms with van der Waals surface area (Å²) >= 11 is 1.34. The summed E-state index contributed by atoms with van der Waals surface area (Å²) in [7, 11) is 0. The lowest BCUT2D eigenvalue weighted by Crippen LogP contribution is -2.10. The number of esters is 1. The van der Waals surface area contributed by atoms with Crippen molar-refractivity contribution in [1.82, 2.24) is 4.40 Å². The molecule has 0 aliphatic heterocycles. The Morgan fingerprint density at radius 2 is 2.22 bits per heavy atom. The number of aliphatic carboxylic acids is 1. The smallest absolute Gasteiger partial charge is 0.341 e. The molecule has 2 aromatic heterocycles. The van der Waals surface area contributed by atoms with E-state index in [2.05, 4.69) is 0 Å². The fourth-order valence-corrected chi connectivity index (χ4v) is 2.67. The fraction of sp³-hybridized carbons (Fsp3) is 0.333. The van der Waals surface area contributed by atoms with Crippen LogP contribution in [0.1, 0.15) is 29.9 Å². The van der Waals surface area contributed by atoms with Crippen LogP contribution in [0.3, 0.4) is 0 Å². The first-order chi connectivity index (χ1) is 8.49. The Morgan fingerprint density at radius 1 is 1.50 bits per heavy atom. The topological polar surface area (TPSA) is 68.0 Å². The van der Waals surface area contributed by atoms with Crippen molar-refractivity contribution >= 4 is 28.1 Å². The number of hydrogen-bond acceptors (Lipinski definition) is 4. The van der Waals surface area contributed by atoms with E-state index in [1.807, 2.05) is 0 Å². The van der Waals surface area contributed by atoms with E-state index in [-0.39, 0.29) is 18.5 Å². The zero-order valence-corrected chi connectivity index (χ0v) is 10.9. The molecule has 0 atom stereocenters. The van der Waals surface area contributed by atoms with E-state index in [1.54, 1.807) is 35.9 Å². The molecule has 2 heterocycles. The van der Waals surface area contributed by atoms with Crippen molar-refractivity contribution in [3.8, 4) is 0 Å². The molecule has 96 valence electrons. The van der Waals surface area contributed by atoms with Crippen molar-refractivity contribution in [3.05, 3.63) is 28.9 Å². The van der Waals surface area contributed by atoms with Crippen molar-refractivity contribution in [2.45, 2.75) is 26.4 Å². The molecular weight excluding hydrogens is 254 g/mol. The molecule has 0 saturated carbocycles. The van der Waals surface area contributed by atoms with Crippen molar-refractivity contribution in [2.75, 3.05) is 0 Å². The Morgan fingerprint density at radius 3 is 2.83 bits per heavy atom. The highest BCUT2D eigenvalue weighted by molar-refractivity contribution is 7.16. The van der Waals surface area contributed by atoms with E-state index in [0.717, 1.165) is 4.83 Å². The summed E-state index contributed by atoms with van der Waals surface area (Å²) in [4.78, 5) is 23.2. The van der Waals surface area contributed by atoms with E-state index in [1.165, 1.54) is 11.3 Å². The minimum absolute atomic E-state index is 0.0622. The molecule has 1 N–H and O–H groups in total. The van der Waals surface area contributed by atoms with Crippen molar-refractivity contribution in [3.63, 3.8) is 0 Å². The minimum Gasteiger partial charge on any atom is -0.481 e. The van der Waals surface area contributed by atoms with Crippen LogP contribution in [0.4, 0.5) is 0 Å². The quantitative estimate of drug-likeness (QED) is 0.862. The number of ether oxygens (including phenoxy) is 1. The van der Waals surface area contributed by atoms with Gasteiger partial charge in [0, 0.05) is 17.3 Å². The molecule has 0 bridgehead atoms. The van der Waals surface area contributed by atoms with Gasteiger partial charge in [0.05, 0.1) is 18.1 Å². The van der Waals surface area contributed by atoms with Gasteiger partial charge in [-0.25, -0.2) is 4.79 Å². The number of rotatable bonds is 4. The van der Waals surface area contributed by atoms with Crippen LogP contribution in [0.2, 0.25) is 0 Å². The number of carbonyl (C=O) groups excluding carboxylic acids is 1. The summed E-state index contributed by atoms with van der Waals surface area (Å²) in [6.07, 6.45) is 1.46. The summed E-state index contributed by atoms with van der Waals surface area (Å²) in [6, 6.07) is 1.65. The van der Waals surface area contributed by atoms with E-state index >= 15 is 0 Å². The summed E-state index contributed by atoms with van der Waals surface area (Å²) in [5.41, 5.74) is 1.14. The highest BCUT2D eigenvalue weighted by Gasteiger charge is 2.17. The number of aromatic nitrogens is 1. The van der Waals surface area contributed by atoms with Crippen molar-refractivity contribution < 1.29 is 19.4 Å². The lowest BCUT2D eigenvalue weighted by molar-refractivity contribution is -0.136. The monoisotopic (exact) mass is 267 g/mol. The zero-order valence-electron chi connectivity index (χ0n) is 10.0. The lowest BCUT2D eigenvalue weighted by Gasteiger charge is -2.05. The number of fused-ring (bicyclic) bond motifs is 1. The number of carboxylic acids is 1. The molecule has 0 amide bonds. The van der Waals surface area contributed by atoms with Gasteiger partial charge in [0.25, 0.3) is 0 Å². The van der Waals surface area contributed by atoms with Gasteiger partial charge in [0.2, 0.25) is 0 Å². The van der Waals surface area contributed by atoms with Crippen LogP contribution in [0.15, 0.2) is 17.6 Å². The van der Waals surface area contributed by atoms with Crippen LogP contribution in [-0.2, 0) is 16.0 Å². The maximum atomic E-state index is 11.8. The third-order valence-electron chi connectivity index (χ3n) is 2.35. The summed E-state index contributed by atoms with van der Waals surface area (Å²) in [5, 5.41) is 10.5. The standard InChI is InChI=1S/C12H13NO4S/c1-7(2)17-12(16)9-3-4-13-8(5-10(14)15)6-18-11(9)13/h3-4,6-7H,5H2,1-2H3,(H,14,15). The largest absolute Gasteiger partial charge is 0.481 e. The maximum absolute atomic E-state index is 11.8. The van der Waals surface area contributed by atoms with E-state index in [0.29, 0.717) is 11.3 Å². The van der Waals surface area contributed by atoms with Crippen molar-refractivity contribution in [2.24, 2.45) is 0 Å². The van der Waals surface area contributed by atoms with Crippen LogP contribution in [0.5, 0.6) is 0 Å². The molecule has 0 aliphatic rings. The van der Waals surface area contributed by atoms with Crippen LogP contribution < -0.4 is 0 Å². The summed E-state index contributed by atoms with van der Waals surface area (Å²) in [6.45, 7) is 3.57. The average Bonchev–Trinajstić information content (AvgIpc) is 2.79. The van der Waals surface area contributed by atoms with Crippen LogP contribution >= 0.6 is 11.3 Å². The molecule has 0 spiro atoms. The SMILES string of the molecule is CC(C)OC(=O)c1ccn2c(CC(=O)O)csc12. The van der Waals surface area contributed by atoms with Gasteiger partial charge in [-0.1, -0.05) is 0 Å². The second-order valence-electron chi connectivity index (χ2n) is 4.16. The van der Waals surface area contributed by atoms with E-state index < -0.39 is 5.97 Å². The van der Waals surface area contributed by atoms with Crippen LogP contribution in [0, 0.1) is 0 Å². The molecule has 0 aliphatic carbocycles. The minimum atomic E-state index is -0.894. The van der Waals surface area contributed by atoms with Gasteiger partial charge in [0.1, 0.15) is 4.83 Å². The molecule has 0 fully saturated rings. The van der Waals surface area contributed by atoms with Crippen LogP contribution in [0.25, 0.3) is 4.83 Å². The second kappa shape index (κ2) is 4.81. The molecule has 0 radical (unpaired) electrons. The molecular formula is C12H13NO4S. The summed E-state index contributed by atoms with van der Waals surface area (Å²) in [5.74, 6) is -1.27. The first-order valence-electron chi connectivity index (χ1n) is 5.49. The van der Waals surface area contributed by atoms with E-state index in [9.17, 15) is 9.59 Å². The van der Waals surface area contributed by atoms with Gasteiger partial charge < -0.3 is 14.2 Å². The predicted molar refractivity (Wildman–Crippen MR) is 67.2 cm³/mol. The molecule has 2 rings (SSSR count). The molecule has 5 nitrogen and oxygen atoms in total. The predicted octanol–water partition coefficient (Wildman–Crippen LogP) is 2.19. The Bertz CT molecular complexity index is 596. The fourth-order valence-electron chi connectivity index (χ4n) is 1.66. The van der Waals surface area contributed by atoms with Gasteiger partial charge >= 0.3 is 11.9 Å². The second-order valence-corrected chi connectivity index (χ2v) is 5.01. The molecule has 18 heavy (non-hydrogen) atoms. The molecule has 2 aromatic rings. The molecule has 0 saturated heterocycles. The van der Waals surface area contributed by atoms with Gasteiger partial charge in [-0.2, -0.15) is 0 Å².